The highest BCUT2D eigenvalue weighted by molar-refractivity contribution is 7.89. The van der Waals surface area contributed by atoms with Gasteiger partial charge in [0.25, 0.3) is 0 Å². The molecule has 49 heavy (non-hydrogen) atoms. The van der Waals surface area contributed by atoms with Crippen LogP contribution < -0.4 is 5.32 Å². The number of carbonyl (C=O) groups is 2. The van der Waals surface area contributed by atoms with E-state index in [1.807, 2.05) is 0 Å². The van der Waals surface area contributed by atoms with Crippen molar-refractivity contribution in [3.63, 3.8) is 0 Å². The third kappa shape index (κ3) is 8.19. The van der Waals surface area contributed by atoms with E-state index in [4.69, 9.17) is 4.74 Å². The van der Waals surface area contributed by atoms with Crippen molar-refractivity contribution < 1.29 is 36.6 Å². The largest absolute Gasteiger partial charge is 0.465 e. The maximum Gasteiger partial charge on any atom is 0.407 e. The van der Waals surface area contributed by atoms with Crippen molar-refractivity contribution in [1.29, 1.82) is 0 Å². The fourth-order valence-corrected chi connectivity index (χ4v) is 8.80. The molecule has 0 saturated carbocycles. The second-order valence-electron chi connectivity index (χ2n) is 12.3. The lowest BCUT2D eigenvalue weighted by molar-refractivity contribution is -0.118. The van der Waals surface area contributed by atoms with Crippen LogP contribution >= 0.6 is 0 Å². The molecule has 2 saturated heterocycles. The molecular formula is C34H38F2N6O6S. The Bertz CT molecular complexity index is 1790. The summed E-state index contributed by atoms with van der Waals surface area (Å²) in [4.78, 5) is 30.1. The van der Waals surface area contributed by atoms with Crippen molar-refractivity contribution in [1.82, 2.24) is 9.21 Å². The molecule has 4 atom stereocenters. The molecule has 0 aromatic heterocycles. The summed E-state index contributed by atoms with van der Waals surface area (Å²) in [6.07, 6.45) is -0.0659. The van der Waals surface area contributed by atoms with E-state index >= 15 is 4.39 Å². The molecule has 5 rings (SSSR count). The number of anilines is 1. The Kier molecular flexibility index (Phi) is 11.5. The van der Waals surface area contributed by atoms with Gasteiger partial charge >= 0.3 is 6.09 Å². The summed E-state index contributed by atoms with van der Waals surface area (Å²) in [5.74, 6) is -2.57. The fourth-order valence-electron chi connectivity index (χ4n) is 6.95. The third-order valence-electron chi connectivity index (χ3n) is 9.22. The Labute approximate surface area is 283 Å². The number of amides is 2. The Morgan fingerprint density at radius 1 is 1.04 bits per heavy atom. The van der Waals surface area contributed by atoms with Gasteiger partial charge in [0.05, 0.1) is 4.90 Å². The number of halogens is 2. The first kappa shape index (κ1) is 35.7. The molecule has 2 heterocycles. The summed E-state index contributed by atoms with van der Waals surface area (Å²) in [7, 11) is -4.05. The summed E-state index contributed by atoms with van der Waals surface area (Å²) < 4.78 is 63.8. The van der Waals surface area contributed by atoms with Crippen LogP contribution in [0, 0.1) is 17.6 Å². The highest BCUT2D eigenvalue weighted by Crippen LogP contribution is 2.37. The molecule has 3 aromatic rings. The number of sulfonamides is 1. The van der Waals surface area contributed by atoms with Crippen LogP contribution in [0.25, 0.3) is 10.4 Å². The van der Waals surface area contributed by atoms with E-state index in [1.165, 1.54) is 46.8 Å². The minimum absolute atomic E-state index is 0.0318. The van der Waals surface area contributed by atoms with Gasteiger partial charge in [-0.3, -0.25) is 4.79 Å². The smallest absolute Gasteiger partial charge is 0.407 e. The normalized spacial score (nSPS) is 20.2. The Morgan fingerprint density at radius 2 is 1.73 bits per heavy atom. The summed E-state index contributed by atoms with van der Waals surface area (Å²) in [5.41, 5.74) is 10.3. The molecule has 2 N–H and O–H groups in total. The van der Waals surface area contributed by atoms with E-state index in [0.29, 0.717) is 31.6 Å². The molecule has 12 nitrogen and oxygen atoms in total. The highest BCUT2D eigenvalue weighted by atomic mass is 32.2. The number of piperazine rings is 1. The summed E-state index contributed by atoms with van der Waals surface area (Å²) in [6, 6.07) is 14.8. The van der Waals surface area contributed by atoms with Gasteiger partial charge in [0.1, 0.15) is 17.7 Å². The lowest BCUT2D eigenvalue weighted by Crippen LogP contribution is -2.60. The van der Waals surface area contributed by atoms with Crippen molar-refractivity contribution >= 4 is 27.7 Å². The Balaban J connectivity index is 1.43. The number of rotatable bonds is 11. The third-order valence-corrected chi connectivity index (χ3v) is 11.3. The van der Waals surface area contributed by atoms with Gasteiger partial charge in [0.15, 0.2) is 0 Å². The quantitative estimate of drug-likeness (QED) is 0.138. The predicted octanol–water partition coefficient (Wildman–Crippen LogP) is 6.17. The molecule has 0 spiro atoms. The monoisotopic (exact) mass is 696 g/mol. The van der Waals surface area contributed by atoms with Crippen LogP contribution in [0.3, 0.4) is 0 Å². The molecule has 2 aliphatic heterocycles. The Morgan fingerprint density at radius 3 is 2.39 bits per heavy atom. The first-order valence-corrected chi connectivity index (χ1v) is 17.5. The van der Waals surface area contributed by atoms with Crippen molar-refractivity contribution in [3.05, 3.63) is 106 Å². The van der Waals surface area contributed by atoms with Crippen LogP contribution in [0.1, 0.15) is 43.2 Å². The average Bonchev–Trinajstić information content (AvgIpc) is 3.09. The van der Waals surface area contributed by atoms with Gasteiger partial charge < -0.3 is 20.1 Å². The van der Waals surface area contributed by atoms with Gasteiger partial charge in [0.2, 0.25) is 15.9 Å². The van der Waals surface area contributed by atoms with E-state index in [2.05, 4.69) is 15.3 Å². The van der Waals surface area contributed by atoms with Crippen LogP contribution in [0.4, 0.5) is 19.3 Å². The number of benzene rings is 3. The van der Waals surface area contributed by atoms with Gasteiger partial charge in [-0.05, 0) is 86.0 Å². The molecule has 2 amide bonds. The topological polar surface area (TPSA) is 165 Å². The van der Waals surface area contributed by atoms with Gasteiger partial charge in [-0.25, -0.2) is 22.0 Å². The van der Waals surface area contributed by atoms with Gasteiger partial charge in [-0.1, -0.05) is 41.5 Å². The zero-order chi connectivity index (χ0) is 35.1. The van der Waals surface area contributed by atoms with Crippen molar-refractivity contribution in [2.45, 2.75) is 61.5 Å². The van der Waals surface area contributed by atoms with Crippen molar-refractivity contribution in [3.8, 4) is 0 Å². The maximum atomic E-state index is 15.5. The van der Waals surface area contributed by atoms with Crippen LogP contribution in [-0.4, -0.2) is 79.2 Å². The number of nitrogens with zero attached hydrogens (tertiary/aromatic N) is 5. The first-order chi connectivity index (χ1) is 23.5. The van der Waals surface area contributed by atoms with Crippen molar-refractivity contribution in [2.24, 2.45) is 11.0 Å². The molecule has 2 aliphatic rings. The minimum atomic E-state index is -4.05. The Hall–Kier alpha value is -4.56. The van der Waals surface area contributed by atoms with Crippen molar-refractivity contribution in [2.75, 3.05) is 31.6 Å². The number of carboxylic acid groups (broad SMARTS) is 1. The summed E-state index contributed by atoms with van der Waals surface area (Å²) in [6.45, 7) is 2.34. The molecule has 0 aliphatic carbocycles. The number of hydrogen-bond donors (Lipinski definition) is 2. The minimum Gasteiger partial charge on any atom is -0.465 e. The number of carbonyl (C=O) groups excluding carboxylic acids is 1. The molecule has 15 heteroatoms. The standard InChI is InChI=1S/C34H38F2N6O6S/c1-22-20-41(34(44)45)21-26(42(22)49(46,47)27-6-3-2-4-7-27)14-15-28-29(36)8-5-9-30(28)38-33(43)32(39-40-37)31(24-16-18-48-19-17-24)23-10-12-25(35)13-11-23/h2-13,22,24,26,31-32H,14-21H2,1H3,(H,38,43)(H,44,45). The number of ether oxygens (including phenoxy) is 1. The lowest BCUT2D eigenvalue weighted by Gasteiger charge is -2.43. The molecule has 0 radical (unpaired) electrons. The van der Waals surface area contributed by atoms with Crippen LogP contribution in [-0.2, 0) is 26.0 Å². The maximum absolute atomic E-state index is 15.5. The second-order valence-corrected chi connectivity index (χ2v) is 14.2. The average molecular weight is 697 g/mol. The van der Waals surface area contributed by atoms with E-state index in [0.717, 1.165) is 4.90 Å². The van der Waals surface area contributed by atoms with Gasteiger partial charge in [-0.15, -0.1) is 0 Å². The number of azide groups is 1. The lowest BCUT2D eigenvalue weighted by atomic mass is 9.76. The van der Waals surface area contributed by atoms with Gasteiger partial charge in [-0.2, -0.15) is 4.31 Å². The molecular weight excluding hydrogens is 658 g/mol. The molecule has 3 aromatic carbocycles. The zero-order valence-electron chi connectivity index (χ0n) is 26.9. The van der Waals surface area contributed by atoms with Crippen LogP contribution in [0.2, 0.25) is 0 Å². The molecule has 260 valence electrons. The van der Waals surface area contributed by atoms with E-state index in [1.54, 1.807) is 37.3 Å². The molecule has 4 unspecified atom stereocenters. The van der Waals surface area contributed by atoms with E-state index in [-0.39, 0.29) is 48.0 Å². The second kappa shape index (κ2) is 15.8. The van der Waals surface area contributed by atoms with E-state index < -0.39 is 57.7 Å². The molecule has 0 bridgehead atoms. The summed E-state index contributed by atoms with van der Waals surface area (Å²) >= 11 is 0. The molecule has 2 fully saturated rings. The van der Waals surface area contributed by atoms with Crippen LogP contribution in [0.15, 0.2) is 82.8 Å². The number of nitrogens with one attached hydrogen (secondary N) is 1. The first-order valence-electron chi connectivity index (χ1n) is 16.0. The number of hydrogen-bond acceptors (Lipinski definition) is 6. The van der Waals surface area contributed by atoms with E-state index in [9.17, 15) is 33.0 Å². The van der Waals surface area contributed by atoms with Gasteiger partial charge in [0, 0.05) is 60.5 Å². The predicted molar refractivity (Wildman–Crippen MR) is 177 cm³/mol. The fraction of sp³-hybridized carbons (Fsp3) is 0.412. The van der Waals surface area contributed by atoms with Crippen LogP contribution in [0.5, 0.6) is 0 Å². The SMILES string of the molecule is CC1CN(C(=O)O)CC(CCc2c(F)cccc2NC(=O)C(N=[N+]=[N-])C(c2ccc(F)cc2)C2CCOCC2)N1S(=O)(=O)c1ccccc1. The summed E-state index contributed by atoms with van der Waals surface area (Å²) in [5, 5.41) is 16.4. The highest BCUT2D eigenvalue weighted by Gasteiger charge is 2.42. The zero-order valence-corrected chi connectivity index (χ0v) is 27.7.